The van der Waals surface area contributed by atoms with Crippen LogP contribution in [0.2, 0.25) is 0 Å². The number of carbonyl (C=O) groups is 3. The van der Waals surface area contributed by atoms with Crippen LogP contribution in [-0.2, 0) is 9.53 Å². The fourth-order valence-electron chi connectivity index (χ4n) is 2.42. The largest absolute Gasteiger partial charge is 0.462 e. The first-order chi connectivity index (χ1) is 12.9. The van der Waals surface area contributed by atoms with E-state index in [4.69, 9.17) is 10.5 Å². The Balaban J connectivity index is 2.18. The van der Waals surface area contributed by atoms with Crippen LogP contribution >= 0.6 is 23.1 Å². The molecule has 2 rings (SSSR count). The highest BCUT2D eigenvalue weighted by Crippen LogP contribution is 2.33. The van der Waals surface area contributed by atoms with Crippen LogP contribution in [-0.4, -0.2) is 37.2 Å². The van der Waals surface area contributed by atoms with E-state index >= 15 is 0 Å². The Hall–Kier alpha value is -2.52. The number of rotatable bonds is 8. The number of nitrogens with two attached hydrogens (primary N) is 1. The Kier molecular flexibility index (Phi) is 7.26. The number of primary amides is 1. The summed E-state index contributed by atoms with van der Waals surface area (Å²) >= 11 is 2.53. The van der Waals surface area contributed by atoms with Crippen molar-refractivity contribution < 1.29 is 19.1 Å². The van der Waals surface area contributed by atoms with Gasteiger partial charge in [-0.1, -0.05) is 12.1 Å². The zero-order chi connectivity index (χ0) is 20.0. The minimum atomic E-state index is -0.657. The van der Waals surface area contributed by atoms with E-state index in [1.54, 1.807) is 25.6 Å². The Morgan fingerprint density at radius 1 is 1.26 bits per heavy atom. The van der Waals surface area contributed by atoms with Crippen molar-refractivity contribution in [1.29, 1.82) is 0 Å². The second kappa shape index (κ2) is 9.43. The topological polar surface area (TPSA) is 111 Å². The maximum atomic E-state index is 12.4. The van der Waals surface area contributed by atoms with Gasteiger partial charge in [0.1, 0.15) is 5.00 Å². The predicted octanol–water partition coefficient (Wildman–Crippen LogP) is 3.10. The first-order valence-electron chi connectivity index (χ1n) is 8.16. The molecule has 2 aromatic rings. The molecule has 0 spiro atoms. The number of benzene rings is 1. The first-order valence-corrected chi connectivity index (χ1v) is 10.2. The smallest absolute Gasteiger partial charge is 0.341 e. The minimum absolute atomic E-state index is 0.00267. The maximum Gasteiger partial charge on any atom is 0.341 e. The van der Waals surface area contributed by atoms with Crippen molar-refractivity contribution in [2.45, 2.75) is 18.7 Å². The molecule has 0 aliphatic carbocycles. The lowest BCUT2D eigenvalue weighted by Gasteiger charge is -2.11. The summed E-state index contributed by atoms with van der Waals surface area (Å²) < 4.78 is 5.03. The molecule has 0 atom stereocenters. The van der Waals surface area contributed by atoms with Gasteiger partial charge < -0.3 is 21.1 Å². The van der Waals surface area contributed by atoms with Gasteiger partial charge in [-0.25, -0.2) is 4.79 Å². The number of nitrogens with one attached hydrogen (secondary N) is 2. The summed E-state index contributed by atoms with van der Waals surface area (Å²) in [5, 5.41) is 6.00. The molecule has 0 aliphatic heterocycles. The highest BCUT2D eigenvalue weighted by Gasteiger charge is 2.25. The van der Waals surface area contributed by atoms with Crippen molar-refractivity contribution in [1.82, 2.24) is 0 Å². The number of ether oxygens (including phenoxy) is 1. The van der Waals surface area contributed by atoms with Gasteiger partial charge in [0.15, 0.2) is 0 Å². The molecule has 0 saturated heterocycles. The number of esters is 1. The van der Waals surface area contributed by atoms with E-state index in [-0.39, 0.29) is 34.5 Å². The lowest BCUT2D eigenvalue weighted by Crippen LogP contribution is -2.22. The third-order valence-electron chi connectivity index (χ3n) is 3.65. The average molecular weight is 408 g/mol. The van der Waals surface area contributed by atoms with Crippen molar-refractivity contribution in [3.8, 4) is 0 Å². The Labute approximate surface area is 165 Å². The van der Waals surface area contributed by atoms with Gasteiger partial charge in [-0.3, -0.25) is 9.59 Å². The van der Waals surface area contributed by atoms with Gasteiger partial charge in [-0.2, -0.15) is 0 Å². The fourth-order valence-corrected chi connectivity index (χ4v) is 4.06. The average Bonchev–Trinajstić information content (AvgIpc) is 2.96. The van der Waals surface area contributed by atoms with E-state index in [0.717, 1.165) is 21.9 Å². The number of carbonyl (C=O) groups excluding carboxylic acids is 3. The number of anilines is 2. The Morgan fingerprint density at radius 3 is 2.59 bits per heavy atom. The van der Waals surface area contributed by atoms with Crippen molar-refractivity contribution >= 4 is 51.6 Å². The summed E-state index contributed by atoms with van der Waals surface area (Å²) in [6.07, 6.45) is 1.95. The predicted molar refractivity (Wildman–Crippen MR) is 109 cm³/mol. The number of para-hydroxylation sites is 1. The monoisotopic (exact) mass is 407 g/mol. The molecule has 1 heterocycles. The molecule has 0 bridgehead atoms. The number of amides is 2. The van der Waals surface area contributed by atoms with Crippen LogP contribution < -0.4 is 16.4 Å². The van der Waals surface area contributed by atoms with E-state index in [9.17, 15) is 14.4 Å². The molecule has 0 saturated carbocycles. The van der Waals surface area contributed by atoms with Crippen molar-refractivity contribution in [2.24, 2.45) is 5.73 Å². The van der Waals surface area contributed by atoms with E-state index in [1.807, 2.05) is 30.5 Å². The fraction of sp³-hybridized carbons (Fsp3) is 0.278. The van der Waals surface area contributed by atoms with Gasteiger partial charge in [-0.05, 0) is 37.8 Å². The molecule has 27 heavy (non-hydrogen) atoms. The first kappa shape index (κ1) is 20.8. The normalized spacial score (nSPS) is 10.3. The molecule has 0 aliphatic rings. The lowest BCUT2D eigenvalue weighted by atomic mass is 10.1. The molecule has 0 fully saturated rings. The minimum Gasteiger partial charge on any atom is -0.462 e. The maximum absolute atomic E-state index is 12.4. The summed E-state index contributed by atoms with van der Waals surface area (Å²) in [5.74, 6) is -1.61. The molecule has 7 nitrogen and oxygen atoms in total. The number of hydrogen-bond acceptors (Lipinski definition) is 7. The standard InChI is InChI=1S/C18H21N3O4S2/c1-4-25-18(24)14-10(2)15(16(19)23)27-17(14)21-13(22)9-20-11-7-5-6-8-12(11)26-3/h5-8,20H,4,9H2,1-3H3,(H2,19,23)(H,21,22). The quantitative estimate of drug-likeness (QED) is 0.458. The van der Waals surface area contributed by atoms with Gasteiger partial charge >= 0.3 is 5.97 Å². The summed E-state index contributed by atoms with van der Waals surface area (Å²) in [7, 11) is 0. The van der Waals surface area contributed by atoms with Gasteiger partial charge in [0.05, 0.1) is 23.6 Å². The van der Waals surface area contributed by atoms with Crippen LogP contribution in [0, 0.1) is 6.92 Å². The van der Waals surface area contributed by atoms with Crippen LogP contribution in [0.15, 0.2) is 29.2 Å². The Bertz CT molecular complexity index is 864. The van der Waals surface area contributed by atoms with E-state index in [1.165, 1.54) is 0 Å². The number of thioether (sulfide) groups is 1. The van der Waals surface area contributed by atoms with Gasteiger partial charge in [-0.15, -0.1) is 23.1 Å². The molecule has 0 unspecified atom stereocenters. The lowest BCUT2D eigenvalue weighted by molar-refractivity contribution is -0.114. The van der Waals surface area contributed by atoms with Crippen LogP contribution in [0.4, 0.5) is 10.7 Å². The summed E-state index contributed by atoms with van der Waals surface area (Å²) in [6.45, 7) is 3.47. The summed E-state index contributed by atoms with van der Waals surface area (Å²) in [6, 6.07) is 7.62. The molecule has 0 radical (unpaired) electrons. The number of thiophene rings is 1. The number of hydrogen-bond donors (Lipinski definition) is 3. The van der Waals surface area contributed by atoms with Crippen molar-refractivity contribution in [3.63, 3.8) is 0 Å². The van der Waals surface area contributed by atoms with Crippen LogP contribution in [0.1, 0.15) is 32.5 Å². The summed E-state index contributed by atoms with van der Waals surface area (Å²) in [4.78, 5) is 37.4. The second-order valence-electron chi connectivity index (χ2n) is 5.45. The molecule has 1 aromatic carbocycles. The van der Waals surface area contributed by atoms with Crippen LogP contribution in [0.5, 0.6) is 0 Å². The van der Waals surface area contributed by atoms with E-state index in [2.05, 4.69) is 10.6 Å². The highest BCUT2D eigenvalue weighted by atomic mass is 32.2. The van der Waals surface area contributed by atoms with Gasteiger partial charge in [0, 0.05) is 10.6 Å². The molecular weight excluding hydrogens is 386 g/mol. The molecule has 4 N–H and O–H groups in total. The van der Waals surface area contributed by atoms with Gasteiger partial charge in [0.2, 0.25) is 5.91 Å². The summed E-state index contributed by atoms with van der Waals surface area (Å²) in [5.41, 5.74) is 6.76. The molecule has 1 aromatic heterocycles. The molecule has 9 heteroatoms. The van der Waals surface area contributed by atoms with Crippen molar-refractivity contribution in [2.75, 3.05) is 30.0 Å². The molecule has 2 amide bonds. The van der Waals surface area contributed by atoms with Crippen LogP contribution in [0.25, 0.3) is 0 Å². The van der Waals surface area contributed by atoms with Gasteiger partial charge in [0.25, 0.3) is 5.91 Å². The van der Waals surface area contributed by atoms with E-state index in [0.29, 0.717) is 5.56 Å². The van der Waals surface area contributed by atoms with E-state index < -0.39 is 11.9 Å². The zero-order valence-electron chi connectivity index (χ0n) is 15.3. The third kappa shape index (κ3) is 5.01. The SMILES string of the molecule is CCOC(=O)c1c(NC(=O)CNc2ccccc2SC)sc(C(N)=O)c1C. The third-order valence-corrected chi connectivity index (χ3v) is 5.67. The zero-order valence-corrected chi connectivity index (χ0v) is 16.9. The molecular formula is C18H21N3O4S2. The van der Waals surface area contributed by atoms with Crippen LogP contribution in [0.3, 0.4) is 0 Å². The molecule has 144 valence electrons. The second-order valence-corrected chi connectivity index (χ2v) is 7.32. The van der Waals surface area contributed by atoms with Crippen molar-refractivity contribution in [3.05, 3.63) is 40.3 Å². The highest BCUT2D eigenvalue weighted by molar-refractivity contribution is 7.98. The Morgan fingerprint density at radius 2 is 1.96 bits per heavy atom.